The van der Waals surface area contributed by atoms with E-state index in [1.807, 2.05) is 12.1 Å². The second kappa shape index (κ2) is 6.21. The van der Waals surface area contributed by atoms with Crippen LogP contribution in [0.4, 0.5) is 0 Å². The molecule has 2 atom stereocenters. The molecule has 0 radical (unpaired) electrons. The Balaban J connectivity index is 1.91. The molecular formula is C15H23NO2. The number of benzene rings is 1. The zero-order chi connectivity index (χ0) is 13.0. The van der Waals surface area contributed by atoms with Gasteiger partial charge in [-0.2, -0.15) is 0 Å². The van der Waals surface area contributed by atoms with Crippen molar-refractivity contribution in [2.45, 2.75) is 38.3 Å². The van der Waals surface area contributed by atoms with Crippen LogP contribution in [0, 0.1) is 0 Å². The third kappa shape index (κ3) is 3.47. The van der Waals surface area contributed by atoms with Crippen molar-refractivity contribution in [3.05, 3.63) is 29.8 Å². The molecule has 3 heteroatoms. The first kappa shape index (κ1) is 13.4. The number of piperidine rings is 1. The molecule has 0 aromatic heterocycles. The second-order valence-electron chi connectivity index (χ2n) is 5.19. The van der Waals surface area contributed by atoms with Gasteiger partial charge in [-0.05, 0) is 50.4 Å². The number of methoxy groups -OCH3 is 1. The first-order valence-electron chi connectivity index (χ1n) is 6.74. The van der Waals surface area contributed by atoms with E-state index >= 15 is 0 Å². The fourth-order valence-corrected chi connectivity index (χ4v) is 2.62. The van der Waals surface area contributed by atoms with Gasteiger partial charge in [0.05, 0.1) is 13.2 Å². The number of ether oxygens (including phenoxy) is 1. The van der Waals surface area contributed by atoms with Crippen molar-refractivity contribution in [3.8, 4) is 5.75 Å². The minimum Gasteiger partial charge on any atom is -0.497 e. The zero-order valence-corrected chi connectivity index (χ0v) is 11.3. The number of likely N-dealkylation sites (tertiary alicyclic amines) is 1. The summed E-state index contributed by atoms with van der Waals surface area (Å²) in [6.45, 7) is 4.16. The summed E-state index contributed by atoms with van der Waals surface area (Å²) in [7, 11) is 1.69. The van der Waals surface area contributed by atoms with Crippen molar-refractivity contribution in [2.75, 3.05) is 20.2 Å². The molecule has 1 aromatic rings. The Morgan fingerprint density at radius 2 is 2.11 bits per heavy atom. The smallest absolute Gasteiger partial charge is 0.118 e. The summed E-state index contributed by atoms with van der Waals surface area (Å²) < 4.78 is 5.16. The van der Waals surface area contributed by atoms with Gasteiger partial charge in [-0.15, -0.1) is 0 Å². The summed E-state index contributed by atoms with van der Waals surface area (Å²) in [6, 6.07) is 8.74. The van der Waals surface area contributed by atoms with Gasteiger partial charge in [-0.3, -0.25) is 4.90 Å². The van der Waals surface area contributed by atoms with Crippen LogP contribution in [-0.2, 0) is 6.42 Å². The van der Waals surface area contributed by atoms with Crippen LogP contribution >= 0.6 is 0 Å². The molecule has 0 saturated carbocycles. The van der Waals surface area contributed by atoms with Crippen LogP contribution in [0.25, 0.3) is 0 Å². The normalized spacial score (nSPS) is 22.7. The van der Waals surface area contributed by atoms with E-state index in [2.05, 4.69) is 24.0 Å². The first-order valence-corrected chi connectivity index (χ1v) is 6.74. The first-order chi connectivity index (χ1) is 8.69. The fraction of sp³-hybridized carbons (Fsp3) is 0.600. The van der Waals surface area contributed by atoms with Crippen LogP contribution in [0.5, 0.6) is 5.75 Å². The van der Waals surface area contributed by atoms with Crippen molar-refractivity contribution in [1.82, 2.24) is 4.90 Å². The molecule has 1 aliphatic rings. The minimum atomic E-state index is -0.142. The van der Waals surface area contributed by atoms with Gasteiger partial charge >= 0.3 is 0 Å². The number of rotatable bonds is 4. The molecule has 3 nitrogen and oxygen atoms in total. The SMILES string of the molecule is COc1ccc(CC(C)N2CCCC(O)C2)cc1. The minimum absolute atomic E-state index is 0.142. The van der Waals surface area contributed by atoms with Crippen molar-refractivity contribution in [1.29, 1.82) is 0 Å². The summed E-state index contributed by atoms with van der Waals surface area (Å²) in [5.74, 6) is 0.903. The van der Waals surface area contributed by atoms with E-state index in [1.165, 1.54) is 5.56 Å². The molecular weight excluding hydrogens is 226 g/mol. The number of β-amino-alcohol motifs (C(OH)–C–C–N with tert-alkyl or cyclic N) is 1. The van der Waals surface area contributed by atoms with Crippen LogP contribution < -0.4 is 4.74 Å². The number of nitrogens with zero attached hydrogens (tertiary/aromatic N) is 1. The molecule has 1 N–H and O–H groups in total. The number of hydrogen-bond acceptors (Lipinski definition) is 3. The van der Waals surface area contributed by atoms with E-state index in [0.29, 0.717) is 6.04 Å². The van der Waals surface area contributed by atoms with E-state index in [0.717, 1.165) is 38.1 Å². The highest BCUT2D eigenvalue weighted by Gasteiger charge is 2.21. The van der Waals surface area contributed by atoms with Gasteiger partial charge in [0, 0.05) is 12.6 Å². The molecule has 2 unspecified atom stereocenters. The van der Waals surface area contributed by atoms with Crippen LogP contribution in [0.15, 0.2) is 24.3 Å². The predicted molar refractivity (Wildman–Crippen MR) is 73.0 cm³/mol. The topological polar surface area (TPSA) is 32.7 Å². The lowest BCUT2D eigenvalue weighted by Crippen LogP contribution is -2.44. The summed E-state index contributed by atoms with van der Waals surface area (Å²) in [6.07, 6.45) is 2.94. The standard InChI is InChI=1S/C15H23NO2/c1-12(16-9-3-4-14(17)11-16)10-13-5-7-15(18-2)8-6-13/h5-8,12,14,17H,3-4,9-11H2,1-2H3. The molecule has 100 valence electrons. The Hall–Kier alpha value is -1.06. The number of hydrogen-bond donors (Lipinski definition) is 1. The number of aliphatic hydroxyl groups excluding tert-OH is 1. The zero-order valence-electron chi connectivity index (χ0n) is 11.3. The highest BCUT2D eigenvalue weighted by atomic mass is 16.5. The largest absolute Gasteiger partial charge is 0.497 e. The predicted octanol–water partition coefficient (Wildman–Crippen LogP) is 2.08. The Bertz CT molecular complexity index is 363. The summed E-state index contributed by atoms with van der Waals surface area (Å²) in [4.78, 5) is 2.39. The lowest BCUT2D eigenvalue weighted by atomic mass is 10.0. The average Bonchev–Trinajstić information content (AvgIpc) is 2.39. The van der Waals surface area contributed by atoms with Crippen molar-refractivity contribution in [2.24, 2.45) is 0 Å². The van der Waals surface area contributed by atoms with Crippen molar-refractivity contribution in [3.63, 3.8) is 0 Å². The molecule has 18 heavy (non-hydrogen) atoms. The van der Waals surface area contributed by atoms with E-state index < -0.39 is 0 Å². The Labute approximate surface area is 109 Å². The van der Waals surface area contributed by atoms with Crippen LogP contribution in [-0.4, -0.2) is 42.4 Å². The Morgan fingerprint density at radius 1 is 1.39 bits per heavy atom. The van der Waals surface area contributed by atoms with Crippen LogP contribution in [0.1, 0.15) is 25.3 Å². The maximum absolute atomic E-state index is 9.70. The van der Waals surface area contributed by atoms with Gasteiger partial charge in [0.25, 0.3) is 0 Å². The summed E-state index contributed by atoms with van der Waals surface area (Å²) in [5.41, 5.74) is 1.32. The molecule has 0 amide bonds. The van der Waals surface area contributed by atoms with E-state index in [9.17, 15) is 5.11 Å². The van der Waals surface area contributed by atoms with Gasteiger partial charge < -0.3 is 9.84 Å². The van der Waals surface area contributed by atoms with Crippen molar-refractivity contribution < 1.29 is 9.84 Å². The fourth-order valence-electron chi connectivity index (χ4n) is 2.62. The molecule has 1 saturated heterocycles. The van der Waals surface area contributed by atoms with Crippen LogP contribution in [0.2, 0.25) is 0 Å². The summed E-state index contributed by atoms with van der Waals surface area (Å²) >= 11 is 0. The molecule has 1 aromatic carbocycles. The van der Waals surface area contributed by atoms with Crippen molar-refractivity contribution >= 4 is 0 Å². The maximum Gasteiger partial charge on any atom is 0.118 e. The highest BCUT2D eigenvalue weighted by Crippen LogP contribution is 2.17. The van der Waals surface area contributed by atoms with E-state index in [4.69, 9.17) is 4.74 Å². The maximum atomic E-state index is 9.70. The molecule has 0 bridgehead atoms. The van der Waals surface area contributed by atoms with Gasteiger partial charge in [0.1, 0.15) is 5.75 Å². The third-order valence-corrected chi connectivity index (χ3v) is 3.74. The monoisotopic (exact) mass is 249 g/mol. The Morgan fingerprint density at radius 3 is 2.72 bits per heavy atom. The third-order valence-electron chi connectivity index (χ3n) is 3.74. The molecule has 1 heterocycles. The molecule has 1 aliphatic heterocycles. The molecule has 1 fully saturated rings. The molecule has 2 rings (SSSR count). The quantitative estimate of drug-likeness (QED) is 0.887. The molecule has 0 spiro atoms. The average molecular weight is 249 g/mol. The lowest BCUT2D eigenvalue weighted by molar-refractivity contribution is 0.0507. The van der Waals surface area contributed by atoms with Gasteiger partial charge in [-0.1, -0.05) is 12.1 Å². The lowest BCUT2D eigenvalue weighted by Gasteiger charge is -2.35. The second-order valence-corrected chi connectivity index (χ2v) is 5.19. The highest BCUT2D eigenvalue weighted by molar-refractivity contribution is 5.27. The summed E-state index contributed by atoms with van der Waals surface area (Å²) in [5, 5.41) is 9.70. The van der Waals surface area contributed by atoms with E-state index in [1.54, 1.807) is 7.11 Å². The van der Waals surface area contributed by atoms with Crippen LogP contribution in [0.3, 0.4) is 0 Å². The van der Waals surface area contributed by atoms with Gasteiger partial charge in [-0.25, -0.2) is 0 Å². The Kier molecular flexibility index (Phi) is 4.61. The number of aliphatic hydroxyl groups is 1. The van der Waals surface area contributed by atoms with E-state index in [-0.39, 0.29) is 6.10 Å². The van der Waals surface area contributed by atoms with Gasteiger partial charge in [0.2, 0.25) is 0 Å². The molecule has 0 aliphatic carbocycles. The van der Waals surface area contributed by atoms with Gasteiger partial charge in [0.15, 0.2) is 0 Å².